The Labute approximate surface area is 57.7 Å². The van der Waals surface area contributed by atoms with Crippen LogP contribution in [0.25, 0.3) is 0 Å². The van der Waals surface area contributed by atoms with Crippen LogP contribution in [0.4, 0.5) is 0 Å². The number of thiocyanates is 1. The summed E-state index contributed by atoms with van der Waals surface area (Å²) in [5.74, 6) is 0. The minimum atomic E-state index is 0. The van der Waals surface area contributed by atoms with Gasteiger partial charge in [0.1, 0.15) is 0 Å². The Balaban J connectivity index is -0.0000000275. The first-order valence-corrected chi connectivity index (χ1v) is 1.06. The Morgan fingerprint density at radius 3 is 1.50 bits per heavy atom. The van der Waals surface area contributed by atoms with Gasteiger partial charge in [0.25, 0.3) is 0 Å². The molecule has 2 nitrogen and oxygen atoms in total. The molecule has 0 unspecified atom stereocenters. The SMILES string of the molecule is N#C[S-].[Ag].[C-]#N. The second kappa shape index (κ2) is 86.8. The fraction of sp³-hybridized carbons (Fsp3) is 0. The average molecular weight is 192 g/mol. The molecule has 1 radical (unpaired) electrons. The molecule has 0 aliphatic heterocycles. The van der Waals surface area contributed by atoms with E-state index in [1.165, 1.54) is 5.40 Å². The van der Waals surface area contributed by atoms with Gasteiger partial charge >= 0.3 is 0 Å². The van der Waals surface area contributed by atoms with E-state index in [4.69, 9.17) is 17.1 Å². The number of hydrogen-bond acceptors (Lipinski definition) is 3. The molecular weight excluding hydrogens is 192 g/mol. The van der Waals surface area contributed by atoms with E-state index >= 15 is 0 Å². The summed E-state index contributed by atoms with van der Waals surface area (Å²) in [5, 5.41) is 14.7. The van der Waals surface area contributed by atoms with Crippen LogP contribution in [0.1, 0.15) is 0 Å². The fourth-order valence-electron chi connectivity index (χ4n) is 0. The van der Waals surface area contributed by atoms with E-state index in [0.717, 1.165) is 0 Å². The van der Waals surface area contributed by atoms with Crippen molar-refractivity contribution in [3.63, 3.8) is 0 Å². The zero-order valence-corrected chi connectivity index (χ0v) is 4.90. The molecule has 0 N–H and O–H groups in total. The molecule has 4 heteroatoms. The molecule has 0 heterocycles. The van der Waals surface area contributed by atoms with Gasteiger partial charge in [0.15, 0.2) is 0 Å². The Bertz CT molecular complexity index is 54.3. The largest absolute Gasteiger partial charge is 0.696 e. The second-order valence-corrected chi connectivity index (χ2v) is 0.274. The van der Waals surface area contributed by atoms with Crippen LogP contribution in [0.3, 0.4) is 0 Å². The molecule has 37 valence electrons. The van der Waals surface area contributed by atoms with Gasteiger partial charge in [-0.25, -0.2) is 5.26 Å². The van der Waals surface area contributed by atoms with Crippen molar-refractivity contribution in [3.05, 3.63) is 6.57 Å². The molecule has 0 atom stereocenters. The third-order valence-corrected chi connectivity index (χ3v) is 0. The fourth-order valence-corrected chi connectivity index (χ4v) is 0. The Morgan fingerprint density at radius 1 is 1.50 bits per heavy atom. The van der Waals surface area contributed by atoms with E-state index in [-0.39, 0.29) is 22.4 Å². The van der Waals surface area contributed by atoms with Crippen molar-refractivity contribution in [3.8, 4) is 5.40 Å². The topological polar surface area (TPSA) is 47.6 Å². The molecule has 0 aliphatic rings. The average Bonchev–Trinajstić information content (AvgIpc) is 1.46. The van der Waals surface area contributed by atoms with Crippen LogP contribution in [0, 0.1) is 22.5 Å². The molecule has 0 aromatic rings. The molecular formula is C2AgN2S-2. The third kappa shape index (κ3) is 9540. The summed E-state index contributed by atoms with van der Waals surface area (Å²) >= 11 is 3.70. The predicted molar refractivity (Wildman–Crippen MR) is 17.9 cm³/mol. The molecule has 0 aromatic heterocycles. The minimum Gasteiger partial charge on any atom is -0.696 e. The maximum atomic E-state index is 7.13. The summed E-state index contributed by atoms with van der Waals surface area (Å²) in [5.41, 5.74) is 0. The van der Waals surface area contributed by atoms with E-state index in [2.05, 4.69) is 12.6 Å². The zero-order valence-electron chi connectivity index (χ0n) is 2.60. The van der Waals surface area contributed by atoms with E-state index in [9.17, 15) is 0 Å². The molecule has 0 aliphatic carbocycles. The van der Waals surface area contributed by atoms with Gasteiger partial charge in [-0.05, 0) is 0 Å². The first kappa shape index (κ1) is 16.8. The van der Waals surface area contributed by atoms with Gasteiger partial charge in [0.05, 0.1) is 0 Å². The molecule has 0 amide bonds. The molecule has 0 bridgehead atoms. The van der Waals surface area contributed by atoms with Crippen LogP contribution in [-0.4, -0.2) is 0 Å². The molecule has 0 aromatic carbocycles. The van der Waals surface area contributed by atoms with Crippen LogP contribution in [-0.2, 0) is 35.0 Å². The summed E-state index contributed by atoms with van der Waals surface area (Å²) in [6.07, 6.45) is 0. The van der Waals surface area contributed by atoms with Gasteiger partial charge in [-0.15, -0.1) is 0 Å². The predicted octanol–water partition coefficient (Wildman–Crippen LogP) is 0.108. The van der Waals surface area contributed by atoms with Crippen molar-refractivity contribution in [1.29, 1.82) is 10.5 Å². The van der Waals surface area contributed by atoms with Crippen molar-refractivity contribution in [2.75, 3.05) is 0 Å². The van der Waals surface area contributed by atoms with E-state index in [1.807, 2.05) is 0 Å². The van der Waals surface area contributed by atoms with E-state index < -0.39 is 0 Å². The quantitative estimate of drug-likeness (QED) is 0.237. The number of hydrogen-bond donors (Lipinski definition) is 0. The Hall–Kier alpha value is -0.0597. The van der Waals surface area contributed by atoms with Crippen molar-refractivity contribution < 1.29 is 22.4 Å². The maximum absolute atomic E-state index is 7.13. The van der Waals surface area contributed by atoms with Crippen molar-refractivity contribution in [1.82, 2.24) is 0 Å². The molecule has 0 saturated carbocycles. The van der Waals surface area contributed by atoms with Gasteiger partial charge in [-0.1, -0.05) is 5.40 Å². The molecule has 0 saturated heterocycles. The summed E-state index contributed by atoms with van der Waals surface area (Å²) in [4.78, 5) is 0. The van der Waals surface area contributed by atoms with Crippen LogP contribution in [0.2, 0.25) is 0 Å². The normalized spacial score (nSPS) is 1.50. The zero-order chi connectivity index (χ0) is 4.71. The van der Waals surface area contributed by atoms with Crippen molar-refractivity contribution >= 4 is 12.6 Å². The smallest absolute Gasteiger partial charge is 0 e. The number of nitrogens with zero attached hydrogens (tertiary/aromatic N) is 2. The first-order chi connectivity index (χ1) is 2.41. The van der Waals surface area contributed by atoms with E-state index in [1.54, 1.807) is 0 Å². The van der Waals surface area contributed by atoms with Crippen LogP contribution >= 0.6 is 0 Å². The summed E-state index contributed by atoms with van der Waals surface area (Å²) in [7, 11) is 0. The summed E-state index contributed by atoms with van der Waals surface area (Å²) in [6, 6.07) is 0. The Kier molecular flexibility index (Phi) is 242. The molecule has 0 fully saturated rings. The number of rotatable bonds is 0. The summed E-state index contributed by atoms with van der Waals surface area (Å²) in [6.45, 7) is 4.75. The van der Waals surface area contributed by atoms with Gasteiger partial charge < -0.3 is 24.5 Å². The van der Waals surface area contributed by atoms with Crippen LogP contribution in [0.15, 0.2) is 0 Å². The first-order valence-electron chi connectivity index (χ1n) is 0.651. The van der Waals surface area contributed by atoms with Gasteiger partial charge in [0, 0.05) is 22.4 Å². The van der Waals surface area contributed by atoms with Gasteiger partial charge in [-0.3, -0.25) is 0 Å². The third-order valence-electron chi connectivity index (χ3n) is 0. The van der Waals surface area contributed by atoms with Crippen LogP contribution in [0.5, 0.6) is 0 Å². The van der Waals surface area contributed by atoms with E-state index in [0.29, 0.717) is 0 Å². The van der Waals surface area contributed by atoms with Gasteiger partial charge in [-0.2, -0.15) is 0 Å². The summed E-state index contributed by atoms with van der Waals surface area (Å²) < 4.78 is 0. The number of nitriles is 1. The Morgan fingerprint density at radius 2 is 1.50 bits per heavy atom. The van der Waals surface area contributed by atoms with Crippen molar-refractivity contribution in [2.45, 2.75) is 0 Å². The second-order valence-electron chi connectivity index (χ2n) is 0.0913. The van der Waals surface area contributed by atoms with Gasteiger partial charge in [0.2, 0.25) is 0 Å². The maximum Gasteiger partial charge on any atom is 0 e. The molecule has 6 heavy (non-hydrogen) atoms. The standard InChI is InChI=1S/CHNS.CN.Ag/c2-1-3;1-2;/h3H;;/q;-1;/p-1. The molecule has 0 spiro atoms. The monoisotopic (exact) mass is 191 g/mol. The van der Waals surface area contributed by atoms with Crippen LogP contribution < -0.4 is 0 Å². The minimum absolute atomic E-state index is 0. The molecule has 0 rings (SSSR count). The van der Waals surface area contributed by atoms with Crippen molar-refractivity contribution in [2.24, 2.45) is 0 Å².